The molecule has 0 saturated carbocycles. The van der Waals surface area contributed by atoms with E-state index in [2.05, 4.69) is 74.4 Å². The fourth-order valence-corrected chi connectivity index (χ4v) is 5.04. The lowest BCUT2D eigenvalue weighted by Gasteiger charge is -2.42. The Morgan fingerprint density at radius 1 is 0.479 bits per heavy atom. The molecular formula is C26H31F17O3S2. The van der Waals surface area contributed by atoms with Crippen molar-refractivity contribution < 1.29 is 87.6 Å². The van der Waals surface area contributed by atoms with Crippen molar-refractivity contribution in [2.75, 3.05) is 0 Å². The molecule has 0 saturated heterocycles. The van der Waals surface area contributed by atoms with Gasteiger partial charge in [0.25, 0.3) is 0 Å². The molecule has 0 aliphatic carbocycles. The molecule has 284 valence electrons. The number of rotatable bonds is 7. The molecule has 0 spiro atoms. The Morgan fingerprint density at radius 3 is 1.02 bits per heavy atom. The molecule has 1 N–H and O–H groups in total. The molecule has 0 fully saturated rings. The number of benzene rings is 1. The summed E-state index contributed by atoms with van der Waals surface area (Å²) >= 11 is 4.74. The minimum absolute atomic E-state index is 0.112. The Labute approximate surface area is 269 Å². The van der Waals surface area contributed by atoms with Crippen LogP contribution in [0.3, 0.4) is 0 Å². The van der Waals surface area contributed by atoms with E-state index in [0.717, 1.165) is 4.90 Å². The molecule has 48 heavy (non-hydrogen) atoms. The smallest absolute Gasteiger partial charge is 0.281 e. The second kappa shape index (κ2) is 12.5. The van der Waals surface area contributed by atoms with Crippen LogP contribution in [-0.2, 0) is 26.4 Å². The van der Waals surface area contributed by atoms with Gasteiger partial charge in [-0.05, 0) is 39.0 Å². The molecule has 1 aromatic rings. The molecule has 0 atom stereocenters. The van der Waals surface area contributed by atoms with Crippen LogP contribution >= 0.6 is 12.6 Å². The van der Waals surface area contributed by atoms with E-state index in [9.17, 15) is 83.1 Å². The maximum absolute atomic E-state index is 13.0. The van der Waals surface area contributed by atoms with E-state index in [0.29, 0.717) is 0 Å². The summed E-state index contributed by atoms with van der Waals surface area (Å²) in [5.41, 5.74) is 4.72. The average Bonchev–Trinajstić information content (AvgIpc) is 2.79. The van der Waals surface area contributed by atoms with Gasteiger partial charge >= 0.3 is 57.1 Å². The van der Waals surface area contributed by atoms with E-state index in [1.807, 2.05) is 0 Å². The molecule has 0 amide bonds. The Bertz CT molecular complexity index is 1430. The Balaban J connectivity index is 0.00000100. The van der Waals surface area contributed by atoms with Crippen LogP contribution in [0.2, 0.25) is 0 Å². The van der Waals surface area contributed by atoms with Gasteiger partial charge in [0.05, 0.1) is 0 Å². The third-order valence-corrected chi connectivity index (χ3v) is 7.79. The highest BCUT2D eigenvalue weighted by Crippen LogP contribution is 2.64. The van der Waals surface area contributed by atoms with Crippen molar-refractivity contribution in [3.05, 3.63) is 28.8 Å². The molecule has 0 heterocycles. The quantitative estimate of drug-likeness (QED) is 0.165. The van der Waals surface area contributed by atoms with Gasteiger partial charge in [-0.1, -0.05) is 68.4 Å². The highest BCUT2D eigenvalue weighted by atomic mass is 32.2. The number of halogens is 17. The first-order valence-electron chi connectivity index (χ1n) is 12.8. The number of hydrogen-bond donors (Lipinski definition) is 2. The monoisotopic (exact) mass is 778 g/mol. The van der Waals surface area contributed by atoms with Gasteiger partial charge in [-0.25, -0.2) is 0 Å². The fraction of sp³-hybridized carbons (Fsp3) is 0.769. The molecule has 0 unspecified atom stereocenters. The molecule has 0 aliphatic heterocycles. The predicted octanol–water partition coefficient (Wildman–Crippen LogP) is 10.7. The van der Waals surface area contributed by atoms with Gasteiger partial charge in [0.2, 0.25) is 0 Å². The lowest BCUT2D eigenvalue weighted by molar-refractivity contribution is -0.458. The summed E-state index contributed by atoms with van der Waals surface area (Å²) < 4.78 is 242. The van der Waals surface area contributed by atoms with E-state index in [1.165, 1.54) is 16.7 Å². The van der Waals surface area contributed by atoms with Crippen LogP contribution < -0.4 is 0 Å². The molecule has 0 radical (unpaired) electrons. The first-order chi connectivity index (χ1) is 20.3. The minimum atomic E-state index is -8.89. The summed E-state index contributed by atoms with van der Waals surface area (Å²) in [7, 11) is -7.89. The Hall–Kier alpha value is -1.71. The van der Waals surface area contributed by atoms with E-state index in [1.54, 1.807) is 0 Å². The minimum Gasteiger partial charge on any atom is -0.281 e. The van der Waals surface area contributed by atoms with E-state index < -0.39 is 57.1 Å². The summed E-state index contributed by atoms with van der Waals surface area (Å²) in [6.45, 7) is 20.6. The molecule has 0 aliphatic rings. The summed E-state index contributed by atoms with van der Waals surface area (Å²) in [5.74, 6) is -52.0. The average molecular weight is 779 g/mol. The van der Waals surface area contributed by atoms with Crippen LogP contribution in [0, 0.1) is 0 Å². The van der Waals surface area contributed by atoms with Crippen molar-refractivity contribution in [1.29, 1.82) is 0 Å². The summed E-state index contributed by atoms with van der Waals surface area (Å²) in [5, 5.41) is -7.84. The molecule has 0 bridgehead atoms. The topological polar surface area (TPSA) is 54.4 Å². The first-order valence-corrected chi connectivity index (χ1v) is 14.7. The number of hydrogen-bond acceptors (Lipinski definition) is 3. The predicted molar refractivity (Wildman–Crippen MR) is 142 cm³/mol. The van der Waals surface area contributed by atoms with E-state index in [4.69, 9.17) is 17.2 Å². The van der Waals surface area contributed by atoms with Gasteiger partial charge in [0, 0.05) is 4.90 Å². The molecule has 0 aromatic heterocycles. The second-order valence-electron chi connectivity index (χ2n) is 13.6. The van der Waals surface area contributed by atoms with Crippen molar-refractivity contribution in [1.82, 2.24) is 0 Å². The molecular weight excluding hydrogens is 747 g/mol. The fourth-order valence-electron chi connectivity index (χ4n) is 4.07. The number of alkyl halides is 17. The SMILES string of the molecule is CC(C)(C)c1ccc(S)c(C(C)(C)C)c1C(C)(C)C.O=S(=O)(O)C(F)(F)C(F)(F)C(F)(F)C(F)(F)C(F)(F)C(F)(F)C(F)(F)C(F)(F)F. The van der Waals surface area contributed by atoms with Gasteiger partial charge in [-0.2, -0.15) is 83.1 Å². The van der Waals surface area contributed by atoms with Crippen LogP contribution in [0.1, 0.15) is 79.0 Å². The van der Waals surface area contributed by atoms with E-state index >= 15 is 0 Å². The van der Waals surface area contributed by atoms with Gasteiger partial charge in [-0.15, -0.1) is 12.6 Å². The zero-order chi connectivity index (χ0) is 39.7. The molecule has 1 rings (SSSR count). The largest absolute Gasteiger partial charge is 0.460 e. The van der Waals surface area contributed by atoms with Crippen LogP contribution in [-0.4, -0.2) is 59.9 Å². The molecule has 3 nitrogen and oxygen atoms in total. The Morgan fingerprint density at radius 2 is 0.771 bits per heavy atom. The standard InChI is InChI=1S/C18H30S.C8HF17O3S/c1-16(2,3)12-10-11-13(19)15(18(7,8)9)14(12)17(4,5)6;9-1(10,3(13,14)5(17,18)7(21,22)23)2(11,12)4(15,16)6(19,20)8(24,25)29(26,27)28/h10-11,19H,1-9H3;(H,26,27,28). The number of thiol groups is 1. The van der Waals surface area contributed by atoms with Crippen molar-refractivity contribution in [3.63, 3.8) is 0 Å². The van der Waals surface area contributed by atoms with Gasteiger partial charge in [-0.3, -0.25) is 4.55 Å². The van der Waals surface area contributed by atoms with Gasteiger partial charge < -0.3 is 0 Å². The van der Waals surface area contributed by atoms with Crippen molar-refractivity contribution in [3.8, 4) is 0 Å². The lowest BCUT2D eigenvalue weighted by Crippen LogP contribution is -2.74. The van der Waals surface area contributed by atoms with Crippen molar-refractivity contribution in [2.24, 2.45) is 0 Å². The zero-order valence-corrected chi connectivity index (χ0v) is 27.9. The zero-order valence-electron chi connectivity index (χ0n) is 26.2. The van der Waals surface area contributed by atoms with Crippen LogP contribution in [0.15, 0.2) is 17.0 Å². The van der Waals surface area contributed by atoms with E-state index in [-0.39, 0.29) is 16.2 Å². The third-order valence-electron chi connectivity index (χ3n) is 6.51. The summed E-state index contributed by atoms with van der Waals surface area (Å²) in [6.07, 6.45) is -7.88. The van der Waals surface area contributed by atoms with Crippen LogP contribution in [0.5, 0.6) is 0 Å². The summed E-state index contributed by atoms with van der Waals surface area (Å²) in [4.78, 5) is 1.12. The maximum atomic E-state index is 13.0. The van der Waals surface area contributed by atoms with Gasteiger partial charge in [0.1, 0.15) is 0 Å². The molecule has 1 aromatic carbocycles. The van der Waals surface area contributed by atoms with Crippen LogP contribution in [0.25, 0.3) is 0 Å². The third kappa shape index (κ3) is 7.49. The molecule has 22 heteroatoms. The lowest BCUT2D eigenvalue weighted by atomic mass is 9.69. The highest BCUT2D eigenvalue weighted by Gasteiger charge is 2.96. The van der Waals surface area contributed by atoms with Crippen LogP contribution in [0.4, 0.5) is 74.6 Å². The van der Waals surface area contributed by atoms with Crippen molar-refractivity contribution >= 4 is 22.7 Å². The van der Waals surface area contributed by atoms with Gasteiger partial charge in [0.15, 0.2) is 0 Å². The van der Waals surface area contributed by atoms with Crippen molar-refractivity contribution in [2.45, 2.75) is 130 Å². The normalized spacial score (nSPS) is 15.7. The second-order valence-corrected chi connectivity index (χ2v) is 15.5. The first kappa shape index (κ1) is 46.3. The maximum Gasteiger partial charge on any atom is 0.460 e. The summed E-state index contributed by atoms with van der Waals surface area (Å²) in [6, 6.07) is 4.43. The Kier molecular flexibility index (Phi) is 12.1. The highest BCUT2D eigenvalue weighted by molar-refractivity contribution is 7.87.